The van der Waals surface area contributed by atoms with Gasteiger partial charge in [0.2, 0.25) is 0 Å². The lowest BCUT2D eigenvalue weighted by atomic mass is 10.1. The molecular formula is C14H16Cl2N2S. The van der Waals surface area contributed by atoms with E-state index in [0.29, 0.717) is 10.0 Å². The minimum Gasteiger partial charge on any atom is -0.309 e. The smallest absolute Gasteiger partial charge is 0.0897 e. The Bertz CT molecular complexity index is 554. The number of aromatic nitrogens is 1. The number of rotatable bonds is 5. The second-order valence-corrected chi connectivity index (χ2v) is 6.43. The van der Waals surface area contributed by atoms with Gasteiger partial charge in [-0.15, -0.1) is 11.3 Å². The molecule has 1 aromatic heterocycles. The molecule has 0 fully saturated rings. The molecule has 2 rings (SSSR count). The highest BCUT2D eigenvalue weighted by Gasteiger charge is 2.14. The zero-order chi connectivity index (χ0) is 13.8. The molecule has 0 radical (unpaired) electrons. The molecule has 1 N–H and O–H groups in total. The molecule has 1 unspecified atom stereocenters. The molecule has 0 bridgehead atoms. The van der Waals surface area contributed by atoms with Crippen LogP contribution in [0.1, 0.15) is 28.4 Å². The van der Waals surface area contributed by atoms with E-state index < -0.39 is 0 Å². The molecule has 0 amide bonds. The van der Waals surface area contributed by atoms with Gasteiger partial charge in [0.15, 0.2) is 0 Å². The summed E-state index contributed by atoms with van der Waals surface area (Å²) >= 11 is 13.7. The predicted molar refractivity (Wildman–Crippen MR) is 83.4 cm³/mol. The monoisotopic (exact) mass is 314 g/mol. The van der Waals surface area contributed by atoms with Crippen LogP contribution in [0.5, 0.6) is 0 Å². The van der Waals surface area contributed by atoms with Crippen LogP contribution >= 0.6 is 34.5 Å². The summed E-state index contributed by atoms with van der Waals surface area (Å²) in [5, 5.41) is 5.78. The van der Waals surface area contributed by atoms with Crippen LogP contribution in [0.2, 0.25) is 10.0 Å². The number of hydrogen-bond acceptors (Lipinski definition) is 3. The van der Waals surface area contributed by atoms with Crippen molar-refractivity contribution in [3.05, 3.63) is 49.9 Å². The van der Waals surface area contributed by atoms with Crippen LogP contribution in [-0.2, 0) is 6.42 Å². The summed E-state index contributed by atoms with van der Waals surface area (Å²) in [5.41, 5.74) is 1.17. The molecule has 0 aliphatic rings. The quantitative estimate of drug-likeness (QED) is 0.868. The Hall–Kier alpha value is -0.610. The topological polar surface area (TPSA) is 24.9 Å². The maximum atomic E-state index is 6.06. The fraction of sp³-hybridized carbons (Fsp3) is 0.357. The Labute approximate surface area is 127 Å². The van der Waals surface area contributed by atoms with E-state index in [9.17, 15) is 0 Å². The Morgan fingerprint density at radius 1 is 1.32 bits per heavy atom. The van der Waals surface area contributed by atoms with Crippen molar-refractivity contribution in [1.29, 1.82) is 0 Å². The largest absolute Gasteiger partial charge is 0.309 e. The van der Waals surface area contributed by atoms with Crippen molar-refractivity contribution in [1.82, 2.24) is 10.3 Å². The van der Waals surface area contributed by atoms with E-state index in [0.717, 1.165) is 18.0 Å². The van der Waals surface area contributed by atoms with Crippen LogP contribution in [0.15, 0.2) is 24.4 Å². The highest BCUT2D eigenvalue weighted by atomic mass is 35.5. The van der Waals surface area contributed by atoms with Gasteiger partial charge in [0.05, 0.1) is 15.1 Å². The van der Waals surface area contributed by atoms with Crippen molar-refractivity contribution in [3.8, 4) is 0 Å². The third-order valence-electron chi connectivity index (χ3n) is 2.86. The van der Waals surface area contributed by atoms with E-state index in [1.807, 2.05) is 31.3 Å². The number of aryl methyl sites for hydroxylation is 1. The van der Waals surface area contributed by atoms with E-state index in [4.69, 9.17) is 23.2 Å². The zero-order valence-corrected chi connectivity index (χ0v) is 13.2. The number of benzene rings is 1. The third kappa shape index (κ3) is 3.93. The highest BCUT2D eigenvalue weighted by molar-refractivity contribution is 7.11. The number of likely N-dealkylation sites (N-methyl/N-ethyl adjacent to an activating group) is 1. The second-order valence-electron chi connectivity index (χ2n) is 4.34. The molecule has 2 aromatic rings. The zero-order valence-electron chi connectivity index (χ0n) is 10.9. The van der Waals surface area contributed by atoms with Gasteiger partial charge in [0, 0.05) is 17.1 Å². The Kier molecular flexibility index (Phi) is 5.22. The maximum absolute atomic E-state index is 6.06. The Morgan fingerprint density at radius 2 is 2.11 bits per heavy atom. The van der Waals surface area contributed by atoms with Gasteiger partial charge in [-0.1, -0.05) is 36.2 Å². The Morgan fingerprint density at radius 3 is 2.68 bits per heavy atom. The molecule has 0 saturated heterocycles. The first-order valence-corrected chi connectivity index (χ1v) is 7.77. The molecule has 1 heterocycles. The maximum Gasteiger partial charge on any atom is 0.0897 e. The lowest BCUT2D eigenvalue weighted by molar-refractivity contribution is 0.557. The van der Waals surface area contributed by atoms with E-state index in [1.165, 1.54) is 10.4 Å². The molecule has 5 heteroatoms. The number of nitrogens with zero attached hydrogens (tertiary/aromatic N) is 1. The van der Waals surface area contributed by atoms with Crippen molar-refractivity contribution in [2.45, 2.75) is 26.3 Å². The van der Waals surface area contributed by atoms with E-state index >= 15 is 0 Å². The summed E-state index contributed by atoms with van der Waals surface area (Å²) in [6, 6.07) is 6.07. The van der Waals surface area contributed by atoms with Crippen LogP contribution in [0.3, 0.4) is 0 Å². The molecule has 0 spiro atoms. The van der Waals surface area contributed by atoms with Crippen molar-refractivity contribution in [2.24, 2.45) is 0 Å². The first-order valence-electron chi connectivity index (χ1n) is 6.19. The number of hydrogen-bond donors (Lipinski definition) is 1. The van der Waals surface area contributed by atoms with E-state index in [-0.39, 0.29) is 6.04 Å². The van der Waals surface area contributed by atoms with Gasteiger partial charge in [-0.3, -0.25) is 0 Å². The van der Waals surface area contributed by atoms with Gasteiger partial charge in [-0.05, 0) is 37.6 Å². The SMILES string of the molecule is CCNC(Cc1ccc(Cl)c(Cl)c1)c1cnc(C)s1. The summed E-state index contributed by atoms with van der Waals surface area (Å²) in [5.74, 6) is 0. The highest BCUT2D eigenvalue weighted by Crippen LogP contribution is 2.27. The van der Waals surface area contributed by atoms with Crippen LogP contribution in [0.4, 0.5) is 0 Å². The Balaban J connectivity index is 2.18. The van der Waals surface area contributed by atoms with Gasteiger partial charge in [-0.25, -0.2) is 4.98 Å². The molecule has 0 saturated carbocycles. The summed E-state index contributed by atoms with van der Waals surface area (Å²) in [4.78, 5) is 5.58. The van der Waals surface area contributed by atoms with Gasteiger partial charge in [0.1, 0.15) is 0 Å². The van der Waals surface area contributed by atoms with Gasteiger partial charge >= 0.3 is 0 Å². The average Bonchev–Trinajstić information content (AvgIpc) is 2.80. The van der Waals surface area contributed by atoms with Gasteiger partial charge in [-0.2, -0.15) is 0 Å². The molecule has 1 aromatic carbocycles. The van der Waals surface area contributed by atoms with Crippen LogP contribution in [0.25, 0.3) is 0 Å². The fourth-order valence-corrected chi connectivity index (χ4v) is 3.14. The van der Waals surface area contributed by atoms with Crippen LogP contribution < -0.4 is 5.32 Å². The minimum absolute atomic E-state index is 0.272. The number of halogens is 2. The number of thiazole rings is 1. The predicted octanol–water partition coefficient (Wildman–Crippen LogP) is 4.65. The second kappa shape index (κ2) is 6.71. The molecular weight excluding hydrogens is 299 g/mol. The molecule has 2 nitrogen and oxygen atoms in total. The summed E-state index contributed by atoms with van der Waals surface area (Å²) in [6.45, 7) is 5.05. The van der Waals surface area contributed by atoms with Crippen molar-refractivity contribution < 1.29 is 0 Å². The lowest BCUT2D eigenvalue weighted by Gasteiger charge is -2.16. The van der Waals surface area contributed by atoms with Crippen LogP contribution in [0, 0.1) is 6.92 Å². The third-order valence-corrected chi connectivity index (χ3v) is 4.62. The molecule has 0 aliphatic heterocycles. The first kappa shape index (κ1) is 14.8. The van der Waals surface area contributed by atoms with Crippen molar-refractivity contribution in [3.63, 3.8) is 0 Å². The van der Waals surface area contributed by atoms with Gasteiger partial charge < -0.3 is 5.32 Å². The van der Waals surface area contributed by atoms with Crippen LogP contribution in [-0.4, -0.2) is 11.5 Å². The minimum atomic E-state index is 0.272. The summed E-state index contributed by atoms with van der Waals surface area (Å²) in [6.07, 6.45) is 2.83. The lowest BCUT2D eigenvalue weighted by Crippen LogP contribution is -2.22. The first-order chi connectivity index (χ1) is 9.10. The summed E-state index contributed by atoms with van der Waals surface area (Å²) in [7, 11) is 0. The summed E-state index contributed by atoms with van der Waals surface area (Å²) < 4.78 is 0. The van der Waals surface area contributed by atoms with E-state index in [2.05, 4.69) is 17.2 Å². The molecule has 1 atom stereocenters. The average molecular weight is 315 g/mol. The molecule has 0 aliphatic carbocycles. The molecule has 19 heavy (non-hydrogen) atoms. The number of nitrogens with one attached hydrogen (secondary N) is 1. The standard InChI is InChI=1S/C14H16Cl2N2S/c1-3-17-13(14-8-18-9(2)19-14)7-10-4-5-11(15)12(16)6-10/h4-6,8,13,17H,3,7H2,1-2H3. The molecule has 102 valence electrons. The normalized spacial score (nSPS) is 12.6. The van der Waals surface area contributed by atoms with Gasteiger partial charge in [0.25, 0.3) is 0 Å². The van der Waals surface area contributed by atoms with E-state index in [1.54, 1.807) is 11.3 Å². The fourth-order valence-electron chi connectivity index (χ4n) is 1.96. The van der Waals surface area contributed by atoms with Crippen molar-refractivity contribution >= 4 is 34.5 Å². The van der Waals surface area contributed by atoms with Crippen molar-refractivity contribution in [2.75, 3.05) is 6.54 Å².